The number of aromatic nitrogens is 1. The minimum Gasteiger partial charge on any atom is -0.395 e. The predicted octanol–water partition coefficient (Wildman–Crippen LogP) is 3.03. The number of aliphatic hydroxyl groups is 1. The van der Waals surface area contributed by atoms with Crippen LogP contribution in [0.15, 0.2) is 35.9 Å². The Morgan fingerprint density at radius 1 is 1.38 bits per heavy atom. The summed E-state index contributed by atoms with van der Waals surface area (Å²) in [6.45, 7) is 4.14. The minimum absolute atomic E-state index is 0.232. The molecule has 0 radical (unpaired) electrons. The first-order valence-corrected chi connectivity index (χ1v) is 7.91. The Bertz CT molecular complexity index is 700. The molecule has 0 unspecified atom stereocenters. The van der Waals surface area contributed by atoms with Crippen molar-refractivity contribution < 1.29 is 5.11 Å². The van der Waals surface area contributed by atoms with Crippen LogP contribution in [0.25, 0.3) is 10.9 Å². The lowest BCUT2D eigenvalue weighted by atomic mass is 9.75. The topological polar surface area (TPSA) is 39.3 Å². The van der Waals surface area contributed by atoms with Gasteiger partial charge in [0.2, 0.25) is 0 Å². The lowest BCUT2D eigenvalue weighted by Crippen LogP contribution is -2.43. The van der Waals surface area contributed by atoms with Crippen LogP contribution in [0.2, 0.25) is 0 Å². The zero-order chi connectivity index (χ0) is 14.4. The Balaban J connectivity index is 1.86. The van der Waals surface area contributed by atoms with Crippen LogP contribution in [-0.4, -0.2) is 34.7 Å². The van der Waals surface area contributed by atoms with E-state index in [1.807, 2.05) is 0 Å². The average Bonchev–Trinajstić information content (AvgIpc) is 2.88. The van der Waals surface area contributed by atoms with E-state index in [-0.39, 0.29) is 6.61 Å². The molecule has 1 aromatic heterocycles. The number of nitrogens with one attached hydrogen (secondary N) is 1. The molecule has 1 aromatic carbocycles. The summed E-state index contributed by atoms with van der Waals surface area (Å²) in [5.41, 5.74) is 5.66. The number of fused-ring (bicyclic) bond motifs is 6. The second kappa shape index (κ2) is 5.00. The van der Waals surface area contributed by atoms with Crippen molar-refractivity contribution in [1.29, 1.82) is 0 Å². The van der Waals surface area contributed by atoms with Gasteiger partial charge < -0.3 is 10.1 Å². The minimum atomic E-state index is 0.232. The molecule has 0 saturated carbocycles. The molecule has 2 N–H and O–H groups in total. The number of aromatic amines is 1. The van der Waals surface area contributed by atoms with Crippen molar-refractivity contribution in [3.63, 3.8) is 0 Å². The lowest BCUT2D eigenvalue weighted by Gasteiger charge is -2.44. The number of rotatable bonds is 2. The molecule has 1 saturated heterocycles. The van der Waals surface area contributed by atoms with Crippen molar-refractivity contribution in [2.45, 2.75) is 25.8 Å². The summed E-state index contributed by atoms with van der Waals surface area (Å²) >= 11 is 0. The summed E-state index contributed by atoms with van der Waals surface area (Å²) in [4.78, 5) is 6.08. The fourth-order valence-electron chi connectivity index (χ4n) is 4.26. The van der Waals surface area contributed by atoms with Crippen molar-refractivity contribution >= 4 is 10.9 Å². The number of H-pyrrole nitrogens is 1. The van der Waals surface area contributed by atoms with Gasteiger partial charge in [-0.05, 0) is 37.3 Å². The number of piperidine rings is 1. The summed E-state index contributed by atoms with van der Waals surface area (Å²) in [6, 6.07) is 9.07. The van der Waals surface area contributed by atoms with Crippen LogP contribution in [0.5, 0.6) is 0 Å². The van der Waals surface area contributed by atoms with Gasteiger partial charge in [-0.25, -0.2) is 0 Å². The maximum absolute atomic E-state index is 9.42. The Hall–Kier alpha value is -1.58. The zero-order valence-corrected chi connectivity index (χ0v) is 12.5. The molecule has 0 spiro atoms. The van der Waals surface area contributed by atoms with Gasteiger partial charge in [0.15, 0.2) is 0 Å². The maximum Gasteiger partial charge on any atom is 0.0558 e. The van der Waals surface area contributed by atoms with Gasteiger partial charge in [-0.3, -0.25) is 4.90 Å². The highest BCUT2D eigenvalue weighted by Gasteiger charge is 2.39. The molecular formula is C18H22N2O. The number of aliphatic hydroxyl groups excluding tert-OH is 1. The first-order valence-electron chi connectivity index (χ1n) is 7.91. The Kier molecular flexibility index (Phi) is 3.12. The molecule has 0 amide bonds. The van der Waals surface area contributed by atoms with E-state index < -0.39 is 0 Å². The number of likely N-dealkylation sites (tertiary alicyclic amines) is 1. The fourth-order valence-corrected chi connectivity index (χ4v) is 4.26. The summed E-state index contributed by atoms with van der Waals surface area (Å²) in [6.07, 6.45) is 4.60. The summed E-state index contributed by atoms with van der Waals surface area (Å²) in [5.74, 6) is 0.663. The Morgan fingerprint density at radius 2 is 2.24 bits per heavy atom. The molecule has 2 bridgehead atoms. The van der Waals surface area contributed by atoms with Crippen molar-refractivity contribution in [3.8, 4) is 0 Å². The van der Waals surface area contributed by atoms with E-state index in [9.17, 15) is 5.11 Å². The van der Waals surface area contributed by atoms with E-state index in [1.165, 1.54) is 34.2 Å². The van der Waals surface area contributed by atoms with E-state index in [0.717, 1.165) is 19.5 Å². The number of benzene rings is 1. The van der Waals surface area contributed by atoms with Crippen molar-refractivity contribution in [2.75, 3.05) is 19.7 Å². The molecule has 21 heavy (non-hydrogen) atoms. The molecular weight excluding hydrogens is 260 g/mol. The van der Waals surface area contributed by atoms with Gasteiger partial charge in [-0.15, -0.1) is 0 Å². The zero-order valence-electron chi connectivity index (χ0n) is 12.5. The molecule has 110 valence electrons. The molecule has 3 nitrogen and oxygen atoms in total. The van der Waals surface area contributed by atoms with Crippen LogP contribution in [0.4, 0.5) is 0 Å². The summed E-state index contributed by atoms with van der Waals surface area (Å²) in [7, 11) is 0. The molecule has 2 aliphatic rings. The van der Waals surface area contributed by atoms with Crippen LogP contribution in [0, 0.1) is 5.92 Å². The van der Waals surface area contributed by atoms with Crippen LogP contribution in [-0.2, 0) is 6.42 Å². The van der Waals surface area contributed by atoms with Gasteiger partial charge >= 0.3 is 0 Å². The van der Waals surface area contributed by atoms with Gasteiger partial charge in [0.05, 0.1) is 6.61 Å². The second-order valence-corrected chi connectivity index (χ2v) is 6.27. The summed E-state index contributed by atoms with van der Waals surface area (Å²) in [5, 5.41) is 10.8. The number of hydrogen-bond acceptors (Lipinski definition) is 2. The highest BCUT2D eigenvalue weighted by atomic mass is 16.3. The third kappa shape index (κ3) is 1.95. The Morgan fingerprint density at radius 3 is 3.05 bits per heavy atom. The molecule has 1 aliphatic heterocycles. The molecule has 3 heteroatoms. The average molecular weight is 282 g/mol. The van der Waals surface area contributed by atoms with Gasteiger partial charge in [0, 0.05) is 35.7 Å². The van der Waals surface area contributed by atoms with Crippen LogP contribution in [0.3, 0.4) is 0 Å². The standard InChI is InChI=1S/C18H22N2O/c1-2-12-11-20(7-8-21)17-10-13(12)9-16-18(17)14-5-3-4-6-15(14)19-16/h2-6,13,17,19,21H,7-11H2,1H3/b12-2+/t13-,17-/m1/s1. The van der Waals surface area contributed by atoms with E-state index >= 15 is 0 Å². The molecule has 2 heterocycles. The van der Waals surface area contributed by atoms with E-state index in [2.05, 4.69) is 47.1 Å². The first-order chi connectivity index (χ1) is 10.3. The van der Waals surface area contributed by atoms with E-state index in [4.69, 9.17) is 0 Å². The highest BCUT2D eigenvalue weighted by Crippen LogP contribution is 2.46. The van der Waals surface area contributed by atoms with E-state index in [1.54, 1.807) is 0 Å². The van der Waals surface area contributed by atoms with Crippen LogP contribution >= 0.6 is 0 Å². The number of para-hydroxylation sites is 1. The second-order valence-electron chi connectivity index (χ2n) is 6.27. The fraction of sp³-hybridized carbons (Fsp3) is 0.444. The normalized spacial score (nSPS) is 27.2. The quantitative estimate of drug-likeness (QED) is 0.831. The van der Waals surface area contributed by atoms with Crippen molar-refractivity contribution in [1.82, 2.24) is 9.88 Å². The SMILES string of the molecule is C/C=C1\CN(CCO)[C@@H]2C[C@H]1Cc1[nH]c3ccccc3c12. The molecule has 2 aromatic rings. The third-order valence-corrected chi connectivity index (χ3v) is 5.23. The van der Waals surface area contributed by atoms with Gasteiger partial charge in [0.25, 0.3) is 0 Å². The maximum atomic E-state index is 9.42. The monoisotopic (exact) mass is 282 g/mol. The number of allylic oxidation sites excluding steroid dienone is 1. The molecule has 2 atom stereocenters. The van der Waals surface area contributed by atoms with Crippen LogP contribution in [0.1, 0.15) is 30.6 Å². The molecule has 4 rings (SSSR count). The predicted molar refractivity (Wildman–Crippen MR) is 85.3 cm³/mol. The first kappa shape index (κ1) is 13.1. The van der Waals surface area contributed by atoms with Gasteiger partial charge in [-0.1, -0.05) is 29.8 Å². The third-order valence-electron chi connectivity index (χ3n) is 5.23. The molecule has 1 fully saturated rings. The number of nitrogens with zero attached hydrogens (tertiary/aromatic N) is 1. The van der Waals surface area contributed by atoms with Crippen molar-refractivity contribution in [3.05, 3.63) is 47.2 Å². The number of hydrogen-bond donors (Lipinski definition) is 2. The van der Waals surface area contributed by atoms with E-state index in [0.29, 0.717) is 12.0 Å². The number of β-amino-alcohol motifs (C(OH)–C–C–N with tert-alkyl or cyclic N) is 1. The molecule has 1 aliphatic carbocycles. The van der Waals surface area contributed by atoms with Crippen molar-refractivity contribution in [2.24, 2.45) is 5.92 Å². The largest absolute Gasteiger partial charge is 0.395 e. The van der Waals surface area contributed by atoms with Crippen LogP contribution < -0.4 is 0 Å². The lowest BCUT2D eigenvalue weighted by molar-refractivity contribution is 0.112. The Labute approximate surface area is 125 Å². The van der Waals surface area contributed by atoms with Gasteiger partial charge in [-0.2, -0.15) is 0 Å². The smallest absolute Gasteiger partial charge is 0.0558 e. The summed E-state index contributed by atoms with van der Waals surface area (Å²) < 4.78 is 0. The highest BCUT2D eigenvalue weighted by molar-refractivity contribution is 5.85. The van der Waals surface area contributed by atoms with Gasteiger partial charge in [0.1, 0.15) is 0 Å².